The number of rotatable bonds is 7. The van der Waals surface area contributed by atoms with Crippen LogP contribution in [0.15, 0.2) is 76.5 Å². The van der Waals surface area contributed by atoms with Gasteiger partial charge in [-0.25, -0.2) is 17.2 Å². The van der Waals surface area contributed by atoms with Crippen molar-refractivity contribution in [3.63, 3.8) is 0 Å². The van der Waals surface area contributed by atoms with E-state index in [-0.39, 0.29) is 17.0 Å². The van der Waals surface area contributed by atoms with Gasteiger partial charge in [-0.15, -0.1) is 11.8 Å². The van der Waals surface area contributed by atoms with Crippen LogP contribution in [-0.2, 0) is 10.0 Å². The standard InChI is InChI=1S/C22H20F2N2O3S2/c1-3-26(31(28,29)18-13-11-17(30-2)12-14-18)16-9-7-15(8-10-16)22(27)25-21-19(23)5-4-6-20(21)24/h4-14H,3H2,1-2H3,(H,25,27). The molecule has 0 fully saturated rings. The SMILES string of the molecule is CCN(c1ccc(C(=O)Nc2c(F)cccc2F)cc1)S(=O)(=O)c1ccc(SC)cc1. The number of hydrogen-bond acceptors (Lipinski definition) is 4. The van der Waals surface area contributed by atoms with Crippen LogP contribution in [0.2, 0.25) is 0 Å². The van der Waals surface area contributed by atoms with Crippen LogP contribution in [0, 0.1) is 11.6 Å². The van der Waals surface area contributed by atoms with Gasteiger partial charge in [-0.2, -0.15) is 0 Å². The molecule has 3 aromatic carbocycles. The van der Waals surface area contributed by atoms with E-state index in [0.29, 0.717) is 5.69 Å². The number of para-hydroxylation sites is 1. The lowest BCUT2D eigenvalue weighted by atomic mass is 10.2. The van der Waals surface area contributed by atoms with Crippen LogP contribution < -0.4 is 9.62 Å². The highest BCUT2D eigenvalue weighted by atomic mass is 32.2. The largest absolute Gasteiger partial charge is 0.317 e. The lowest BCUT2D eigenvalue weighted by Gasteiger charge is -2.23. The summed E-state index contributed by atoms with van der Waals surface area (Å²) in [7, 11) is -3.80. The van der Waals surface area contributed by atoms with Gasteiger partial charge in [0.05, 0.1) is 10.6 Å². The van der Waals surface area contributed by atoms with Crippen molar-refractivity contribution in [1.82, 2.24) is 0 Å². The first kappa shape index (κ1) is 22.8. The van der Waals surface area contributed by atoms with Crippen molar-refractivity contribution >= 4 is 39.1 Å². The van der Waals surface area contributed by atoms with Crippen LogP contribution in [0.1, 0.15) is 17.3 Å². The Morgan fingerprint density at radius 3 is 2.06 bits per heavy atom. The first-order valence-corrected chi connectivity index (χ1v) is 12.0. The van der Waals surface area contributed by atoms with Crippen LogP contribution in [-0.4, -0.2) is 27.1 Å². The monoisotopic (exact) mass is 462 g/mol. The molecule has 0 heterocycles. The summed E-state index contributed by atoms with van der Waals surface area (Å²) in [5.41, 5.74) is -0.0442. The van der Waals surface area contributed by atoms with Gasteiger partial charge in [0.2, 0.25) is 0 Å². The second kappa shape index (κ2) is 9.49. The van der Waals surface area contributed by atoms with Crippen molar-refractivity contribution in [3.8, 4) is 0 Å². The molecule has 0 radical (unpaired) electrons. The number of sulfonamides is 1. The molecule has 0 aliphatic heterocycles. The third-order valence-electron chi connectivity index (χ3n) is 4.55. The number of anilines is 2. The predicted octanol–water partition coefficient (Wildman–Crippen LogP) is 5.15. The zero-order valence-corrected chi connectivity index (χ0v) is 18.4. The lowest BCUT2D eigenvalue weighted by molar-refractivity contribution is 0.102. The van der Waals surface area contributed by atoms with E-state index in [9.17, 15) is 22.0 Å². The predicted molar refractivity (Wildman–Crippen MR) is 119 cm³/mol. The molecular formula is C22H20F2N2O3S2. The molecule has 0 saturated carbocycles. The fourth-order valence-electron chi connectivity index (χ4n) is 2.95. The number of hydrogen-bond donors (Lipinski definition) is 1. The van der Waals surface area contributed by atoms with Crippen molar-refractivity contribution in [2.45, 2.75) is 16.7 Å². The molecule has 0 bridgehead atoms. The Balaban J connectivity index is 1.83. The van der Waals surface area contributed by atoms with E-state index in [0.717, 1.165) is 17.0 Å². The Hall–Kier alpha value is -2.91. The summed E-state index contributed by atoms with van der Waals surface area (Å²) in [6.45, 7) is 1.88. The molecule has 9 heteroatoms. The zero-order chi connectivity index (χ0) is 22.6. The Kier molecular flexibility index (Phi) is 6.97. The number of amides is 1. The van der Waals surface area contributed by atoms with Crippen molar-refractivity contribution in [2.75, 3.05) is 22.4 Å². The molecular weight excluding hydrogens is 442 g/mol. The van der Waals surface area contributed by atoms with Crippen molar-refractivity contribution in [2.24, 2.45) is 0 Å². The van der Waals surface area contributed by atoms with Crippen LogP contribution in [0.25, 0.3) is 0 Å². The molecule has 3 rings (SSSR count). The maximum Gasteiger partial charge on any atom is 0.264 e. The Labute approximate surface area is 184 Å². The molecule has 0 unspecified atom stereocenters. The second-order valence-electron chi connectivity index (χ2n) is 6.44. The molecule has 0 aromatic heterocycles. The average Bonchev–Trinajstić information content (AvgIpc) is 2.77. The maximum atomic E-state index is 13.8. The average molecular weight is 463 g/mol. The van der Waals surface area contributed by atoms with Gasteiger partial charge < -0.3 is 5.32 Å². The van der Waals surface area contributed by atoms with Gasteiger partial charge in [0.25, 0.3) is 15.9 Å². The van der Waals surface area contributed by atoms with Gasteiger partial charge in [-0.1, -0.05) is 6.07 Å². The highest BCUT2D eigenvalue weighted by molar-refractivity contribution is 7.98. The molecule has 1 N–H and O–H groups in total. The van der Waals surface area contributed by atoms with Crippen LogP contribution in [0.5, 0.6) is 0 Å². The van der Waals surface area contributed by atoms with E-state index in [2.05, 4.69) is 5.32 Å². The molecule has 31 heavy (non-hydrogen) atoms. The Bertz CT molecular complexity index is 1160. The summed E-state index contributed by atoms with van der Waals surface area (Å²) in [6.07, 6.45) is 1.90. The summed E-state index contributed by atoms with van der Waals surface area (Å²) >= 11 is 1.51. The summed E-state index contributed by atoms with van der Waals surface area (Å²) in [5, 5.41) is 2.20. The number of carbonyl (C=O) groups is 1. The smallest absolute Gasteiger partial charge is 0.264 e. The summed E-state index contributed by atoms with van der Waals surface area (Å²) < 4.78 is 54.8. The number of thioether (sulfide) groups is 1. The van der Waals surface area contributed by atoms with Crippen LogP contribution in [0.4, 0.5) is 20.2 Å². The van der Waals surface area contributed by atoms with Crippen LogP contribution >= 0.6 is 11.8 Å². The molecule has 162 valence electrons. The molecule has 0 saturated heterocycles. The molecule has 0 aliphatic rings. The molecule has 5 nitrogen and oxygen atoms in total. The van der Waals surface area contributed by atoms with Crippen molar-refractivity contribution in [1.29, 1.82) is 0 Å². The number of nitrogens with zero attached hydrogens (tertiary/aromatic N) is 1. The first-order valence-electron chi connectivity index (χ1n) is 9.30. The summed E-state index contributed by atoms with van der Waals surface area (Å²) in [4.78, 5) is 13.5. The van der Waals surface area contributed by atoms with E-state index in [1.165, 1.54) is 46.4 Å². The van der Waals surface area contributed by atoms with E-state index >= 15 is 0 Å². The summed E-state index contributed by atoms with van der Waals surface area (Å²) in [5.74, 6) is -2.49. The highest BCUT2D eigenvalue weighted by Gasteiger charge is 2.24. The van der Waals surface area contributed by atoms with Crippen LogP contribution in [0.3, 0.4) is 0 Å². The third-order valence-corrected chi connectivity index (χ3v) is 7.21. The second-order valence-corrected chi connectivity index (χ2v) is 9.18. The van der Waals surface area contributed by atoms with Gasteiger partial charge in [-0.05, 0) is 73.8 Å². The lowest BCUT2D eigenvalue weighted by Crippen LogP contribution is -2.30. The van der Waals surface area contributed by atoms with E-state index in [1.807, 2.05) is 6.26 Å². The molecule has 0 aliphatic carbocycles. The normalized spacial score (nSPS) is 11.2. The minimum absolute atomic E-state index is 0.129. The topological polar surface area (TPSA) is 66.5 Å². The van der Waals surface area contributed by atoms with Crippen molar-refractivity contribution < 1.29 is 22.0 Å². The van der Waals surface area contributed by atoms with Gasteiger partial charge in [0.1, 0.15) is 17.3 Å². The third kappa shape index (κ3) is 4.88. The molecule has 1 amide bonds. The number of carbonyl (C=O) groups excluding carboxylic acids is 1. The number of halogens is 2. The maximum absolute atomic E-state index is 13.8. The Morgan fingerprint density at radius 2 is 1.55 bits per heavy atom. The molecule has 0 atom stereocenters. The molecule has 0 spiro atoms. The first-order chi connectivity index (χ1) is 14.8. The minimum Gasteiger partial charge on any atom is -0.317 e. The zero-order valence-electron chi connectivity index (χ0n) is 16.8. The molecule has 3 aromatic rings. The van der Waals surface area contributed by atoms with E-state index in [1.54, 1.807) is 31.2 Å². The van der Waals surface area contributed by atoms with Crippen molar-refractivity contribution in [3.05, 3.63) is 83.9 Å². The van der Waals surface area contributed by atoms with E-state index < -0.39 is 33.3 Å². The van der Waals surface area contributed by atoms with Gasteiger partial charge >= 0.3 is 0 Å². The fourth-order valence-corrected chi connectivity index (χ4v) is 4.83. The quantitative estimate of drug-likeness (QED) is 0.493. The minimum atomic E-state index is -3.80. The van der Waals surface area contributed by atoms with E-state index in [4.69, 9.17) is 0 Å². The highest BCUT2D eigenvalue weighted by Crippen LogP contribution is 2.26. The van der Waals surface area contributed by atoms with Gasteiger partial charge in [0, 0.05) is 17.0 Å². The van der Waals surface area contributed by atoms with Gasteiger partial charge in [-0.3, -0.25) is 9.10 Å². The van der Waals surface area contributed by atoms with Gasteiger partial charge in [0.15, 0.2) is 0 Å². The number of benzene rings is 3. The summed E-state index contributed by atoms with van der Waals surface area (Å²) in [6, 6.07) is 15.6. The Morgan fingerprint density at radius 1 is 0.968 bits per heavy atom. The fraction of sp³-hybridized carbons (Fsp3) is 0.136. The number of nitrogens with one attached hydrogen (secondary N) is 1.